The summed E-state index contributed by atoms with van der Waals surface area (Å²) in [6.07, 6.45) is 2.99. The lowest BCUT2D eigenvalue weighted by Crippen LogP contribution is -2.22. The summed E-state index contributed by atoms with van der Waals surface area (Å²) in [6.45, 7) is 7.87. The normalized spacial score (nSPS) is 15.0. The van der Waals surface area contributed by atoms with Gasteiger partial charge in [0, 0.05) is 37.3 Å². The van der Waals surface area contributed by atoms with Crippen LogP contribution in [0.2, 0.25) is 0 Å². The van der Waals surface area contributed by atoms with Gasteiger partial charge in [0.25, 0.3) is 0 Å². The molecule has 26 heavy (non-hydrogen) atoms. The number of aryl methyl sites for hydroxylation is 3. The zero-order chi connectivity index (χ0) is 18.1. The molecule has 0 atom stereocenters. The van der Waals surface area contributed by atoms with Gasteiger partial charge in [-0.1, -0.05) is 17.7 Å². The number of nitrogens with zero attached hydrogens (tertiary/aromatic N) is 4. The van der Waals surface area contributed by atoms with Crippen molar-refractivity contribution in [2.24, 2.45) is 0 Å². The Kier molecular flexibility index (Phi) is 4.61. The Morgan fingerprint density at radius 2 is 2.08 bits per heavy atom. The molecule has 3 heterocycles. The van der Waals surface area contributed by atoms with Crippen LogP contribution in [0.15, 0.2) is 30.5 Å². The van der Waals surface area contributed by atoms with Gasteiger partial charge in [-0.15, -0.1) is 0 Å². The molecule has 0 fully saturated rings. The first-order chi connectivity index (χ1) is 12.6. The quantitative estimate of drug-likeness (QED) is 0.758. The Balaban J connectivity index is 1.58. The summed E-state index contributed by atoms with van der Waals surface area (Å²) in [5, 5.41) is 21.3. The topological polar surface area (TPSA) is 70.0 Å². The number of hydrogen-bond donors (Lipinski definition) is 2. The van der Waals surface area contributed by atoms with Crippen molar-refractivity contribution in [1.82, 2.24) is 24.9 Å². The summed E-state index contributed by atoms with van der Waals surface area (Å²) in [4.78, 5) is 2.43. The number of aliphatic hydroxyl groups is 1. The average molecular weight is 351 g/mol. The van der Waals surface area contributed by atoms with E-state index in [4.69, 9.17) is 0 Å². The van der Waals surface area contributed by atoms with Gasteiger partial charge in [0.05, 0.1) is 29.9 Å². The third kappa shape index (κ3) is 3.30. The highest BCUT2D eigenvalue weighted by Crippen LogP contribution is 2.27. The molecular formula is C20H25N5O. The van der Waals surface area contributed by atoms with Gasteiger partial charge < -0.3 is 5.11 Å². The van der Waals surface area contributed by atoms with Crippen LogP contribution in [-0.4, -0.2) is 36.5 Å². The number of aliphatic hydroxyl groups excluding tert-OH is 1. The number of aromatic nitrogens is 4. The van der Waals surface area contributed by atoms with E-state index < -0.39 is 0 Å². The van der Waals surface area contributed by atoms with Crippen LogP contribution >= 0.6 is 0 Å². The molecule has 0 spiro atoms. The minimum Gasteiger partial charge on any atom is -0.390 e. The van der Waals surface area contributed by atoms with E-state index in [1.54, 1.807) is 0 Å². The molecule has 2 aromatic heterocycles. The second-order valence-corrected chi connectivity index (χ2v) is 7.16. The summed E-state index contributed by atoms with van der Waals surface area (Å²) in [6, 6.07) is 8.54. The average Bonchev–Trinajstić information content (AvgIpc) is 3.19. The van der Waals surface area contributed by atoms with Crippen LogP contribution in [0.25, 0.3) is 11.3 Å². The van der Waals surface area contributed by atoms with Crippen molar-refractivity contribution < 1.29 is 5.11 Å². The number of H-pyrrole nitrogens is 1. The van der Waals surface area contributed by atoms with Gasteiger partial charge in [0.2, 0.25) is 0 Å². The van der Waals surface area contributed by atoms with E-state index >= 15 is 0 Å². The first-order valence-electron chi connectivity index (χ1n) is 9.12. The molecule has 6 heteroatoms. The third-order valence-corrected chi connectivity index (χ3v) is 5.08. The molecule has 0 saturated carbocycles. The van der Waals surface area contributed by atoms with Crippen LogP contribution < -0.4 is 0 Å². The van der Waals surface area contributed by atoms with E-state index in [-0.39, 0.29) is 6.61 Å². The molecule has 1 aliphatic heterocycles. The maximum atomic E-state index is 9.34. The lowest BCUT2D eigenvalue weighted by Gasteiger charge is -2.19. The molecule has 3 aromatic rings. The smallest absolute Gasteiger partial charge is 0.0882 e. The molecule has 0 amide bonds. The van der Waals surface area contributed by atoms with Crippen LogP contribution in [0.3, 0.4) is 0 Å². The zero-order valence-corrected chi connectivity index (χ0v) is 15.4. The van der Waals surface area contributed by atoms with Gasteiger partial charge in [-0.05, 0) is 38.0 Å². The molecule has 136 valence electrons. The summed E-state index contributed by atoms with van der Waals surface area (Å²) in [5.41, 5.74) is 7.97. The van der Waals surface area contributed by atoms with E-state index in [0.29, 0.717) is 0 Å². The molecule has 2 N–H and O–H groups in total. The molecule has 0 unspecified atom stereocenters. The first-order valence-corrected chi connectivity index (χ1v) is 9.12. The fourth-order valence-electron chi connectivity index (χ4n) is 3.71. The predicted molar refractivity (Wildman–Crippen MR) is 100 cm³/mol. The molecule has 0 aliphatic carbocycles. The van der Waals surface area contributed by atoms with Crippen LogP contribution in [0.5, 0.6) is 0 Å². The minimum absolute atomic E-state index is 0.00147. The standard InChI is InChI=1S/C20H25N5O/c1-14-4-5-15(2)19(8-14)20-16(10-21-22-20)11-24-6-3-7-25-18(12-24)9-17(13-26)23-25/h4-5,8-10,26H,3,6-7,11-13H2,1-2H3,(H,21,22). The van der Waals surface area contributed by atoms with Crippen molar-refractivity contribution in [3.05, 3.63) is 58.5 Å². The van der Waals surface area contributed by atoms with Gasteiger partial charge >= 0.3 is 0 Å². The van der Waals surface area contributed by atoms with Crippen LogP contribution in [-0.2, 0) is 26.2 Å². The van der Waals surface area contributed by atoms with E-state index in [9.17, 15) is 5.11 Å². The molecule has 0 radical (unpaired) electrons. The van der Waals surface area contributed by atoms with E-state index in [0.717, 1.165) is 44.0 Å². The first kappa shape index (κ1) is 17.0. The van der Waals surface area contributed by atoms with E-state index in [2.05, 4.69) is 52.2 Å². The SMILES string of the molecule is Cc1ccc(C)c(-c2[nH]ncc2CN2CCCn3nc(CO)cc3C2)c1. The van der Waals surface area contributed by atoms with Crippen LogP contribution in [0.1, 0.15) is 34.5 Å². The summed E-state index contributed by atoms with van der Waals surface area (Å²) in [5.74, 6) is 0. The predicted octanol–water partition coefficient (Wildman–Crippen LogP) is 2.79. The lowest BCUT2D eigenvalue weighted by atomic mass is 10.00. The molecule has 0 bridgehead atoms. The fourth-order valence-corrected chi connectivity index (χ4v) is 3.71. The number of hydrogen-bond acceptors (Lipinski definition) is 4. The number of fused-ring (bicyclic) bond motifs is 1. The van der Waals surface area contributed by atoms with Crippen LogP contribution in [0.4, 0.5) is 0 Å². The molecule has 0 saturated heterocycles. The van der Waals surface area contributed by atoms with Crippen molar-refractivity contribution in [3.8, 4) is 11.3 Å². The van der Waals surface area contributed by atoms with Gasteiger partial charge in [-0.3, -0.25) is 14.7 Å². The molecule has 1 aliphatic rings. The van der Waals surface area contributed by atoms with Gasteiger partial charge in [0.15, 0.2) is 0 Å². The highest BCUT2D eigenvalue weighted by Gasteiger charge is 2.19. The second kappa shape index (κ2) is 7.05. The van der Waals surface area contributed by atoms with Gasteiger partial charge in [0.1, 0.15) is 0 Å². The number of benzene rings is 1. The Morgan fingerprint density at radius 1 is 1.19 bits per heavy atom. The van der Waals surface area contributed by atoms with Gasteiger partial charge in [-0.2, -0.15) is 10.2 Å². The third-order valence-electron chi connectivity index (χ3n) is 5.08. The van der Waals surface area contributed by atoms with Crippen molar-refractivity contribution in [2.45, 2.75) is 46.5 Å². The Bertz CT molecular complexity index is 911. The highest BCUT2D eigenvalue weighted by molar-refractivity contribution is 5.67. The van der Waals surface area contributed by atoms with Crippen molar-refractivity contribution >= 4 is 0 Å². The maximum Gasteiger partial charge on any atom is 0.0882 e. The van der Waals surface area contributed by atoms with Gasteiger partial charge in [-0.25, -0.2) is 0 Å². The van der Waals surface area contributed by atoms with Crippen molar-refractivity contribution in [3.63, 3.8) is 0 Å². The monoisotopic (exact) mass is 351 g/mol. The zero-order valence-electron chi connectivity index (χ0n) is 15.4. The molecular weight excluding hydrogens is 326 g/mol. The molecule has 4 rings (SSSR count). The number of rotatable bonds is 4. The Labute approximate surface area is 153 Å². The molecule has 1 aromatic carbocycles. The van der Waals surface area contributed by atoms with E-state index in [1.807, 2.05) is 16.9 Å². The summed E-state index contributed by atoms with van der Waals surface area (Å²) < 4.78 is 2.03. The van der Waals surface area contributed by atoms with Crippen molar-refractivity contribution in [1.29, 1.82) is 0 Å². The second-order valence-electron chi connectivity index (χ2n) is 7.16. The highest BCUT2D eigenvalue weighted by atomic mass is 16.3. The Hall–Kier alpha value is -2.44. The number of nitrogens with one attached hydrogen (secondary N) is 1. The Morgan fingerprint density at radius 3 is 2.92 bits per heavy atom. The largest absolute Gasteiger partial charge is 0.390 e. The maximum absolute atomic E-state index is 9.34. The summed E-state index contributed by atoms with van der Waals surface area (Å²) >= 11 is 0. The summed E-state index contributed by atoms with van der Waals surface area (Å²) in [7, 11) is 0. The van der Waals surface area contributed by atoms with Crippen molar-refractivity contribution in [2.75, 3.05) is 6.54 Å². The number of aromatic amines is 1. The lowest BCUT2D eigenvalue weighted by molar-refractivity contribution is 0.260. The fraction of sp³-hybridized carbons (Fsp3) is 0.400. The minimum atomic E-state index is -0.00147. The van der Waals surface area contributed by atoms with Crippen LogP contribution in [0, 0.1) is 13.8 Å². The van der Waals surface area contributed by atoms with E-state index in [1.165, 1.54) is 27.9 Å². The molecule has 6 nitrogen and oxygen atoms in total.